The van der Waals surface area contributed by atoms with Gasteiger partial charge >= 0.3 is 0 Å². The summed E-state index contributed by atoms with van der Waals surface area (Å²) < 4.78 is 11.3. The minimum Gasteiger partial charge on any atom is -0.464 e. The Labute approximate surface area is 136 Å². The molecule has 0 saturated heterocycles. The largest absolute Gasteiger partial charge is 0.464 e. The van der Waals surface area contributed by atoms with E-state index in [-0.39, 0.29) is 24.4 Å². The predicted molar refractivity (Wildman–Crippen MR) is 92.3 cm³/mol. The molecule has 128 valence electrons. The molecule has 0 aliphatic heterocycles. The van der Waals surface area contributed by atoms with E-state index in [4.69, 9.17) is 9.16 Å². The van der Waals surface area contributed by atoms with Gasteiger partial charge in [0.15, 0.2) is 8.32 Å². The van der Waals surface area contributed by atoms with Crippen LogP contribution in [0.3, 0.4) is 0 Å². The molecule has 0 N–H and O–H groups in total. The van der Waals surface area contributed by atoms with Gasteiger partial charge in [-0.1, -0.05) is 34.6 Å². The van der Waals surface area contributed by atoms with Crippen molar-refractivity contribution in [3.63, 3.8) is 0 Å². The predicted octanol–water partition coefficient (Wildman–Crippen LogP) is 4.11. The van der Waals surface area contributed by atoms with Crippen molar-refractivity contribution in [2.24, 2.45) is 5.92 Å². The van der Waals surface area contributed by atoms with Crippen LogP contribution in [0.2, 0.25) is 18.1 Å². The van der Waals surface area contributed by atoms with E-state index in [0.29, 0.717) is 12.9 Å². The molecule has 22 heavy (non-hydrogen) atoms. The normalized spacial score (nSPS) is 15.3. The third kappa shape index (κ3) is 6.05. The highest BCUT2D eigenvalue weighted by molar-refractivity contribution is 6.73. The van der Waals surface area contributed by atoms with Gasteiger partial charge in [0.05, 0.1) is 6.10 Å². The van der Waals surface area contributed by atoms with Gasteiger partial charge in [0, 0.05) is 12.3 Å². The van der Waals surface area contributed by atoms with Crippen molar-refractivity contribution in [3.8, 4) is 0 Å². The Morgan fingerprint density at radius 1 is 1.14 bits per heavy atom. The van der Waals surface area contributed by atoms with Crippen molar-refractivity contribution >= 4 is 20.6 Å². The molecule has 0 bridgehead atoms. The first-order chi connectivity index (χ1) is 10.4. The fourth-order valence-corrected chi connectivity index (χ4v) is 5.61. The zero-order chi connectivity index (χ0) is 17.2. The highest BCUT2D eigenvalue weighted by Crippen LogP contribution is 2.29. The van der Waals surface area contributed by atoms with E-state index in [0.717, 1.165) is 23.7 Å². The molecule has 0 aromatic heterocycles. The van der Waals surface area contributed by atoms with Crippen molar-refractivity contribution < 1.29 is 18.8 Å². The van der Waals surface area contributed by atoms with Crippen molar-refractivity contribution in [2.75, 3.05) is 6.61 Å². The summed E-state index contributed by atoms with van der Waals surface area (Å²) >= 11 is 0. The van der Waals surface area contributed by atoms with E-state index in [2.05, 4.69) is 20.8 Å². The van der Waals surface area contributed by atoms with Crippen molar-refractivity contribution in [3.05, 3.63) is 11.6 Å². The van der Waals surface area contributed by atoms with Crippen LogP contribution < -0.4 is 0 Å². The number of ether oxygens (including phenoxy) is 1. The SMILES string of the molecule is CCC(=O)[C@H](C)[C@@H](O[Si](CC)(CC)CC)/C(C)=C/COC=O. The number of hydrogen-bond acceptors (Lipinski definition) is 4. The lowest BCUT2D eigenvalue weighted by Crippen LogP contribution is -2.44. The minimum atomic E-state index is -1.82. The van der Waals surface area contributed by atoms with E-state index in [1.165, 1.54) is 0 Å². The summed E-state index contributed by atoms with van der Waals surface area (Å²) in [5.74, 6) is 0.0364. The fourth-order valence-electron chi connectivity index (χ4n) is 2.68. The molecule has 0 fully saturated rings. The standard InChI is InChI=1S/C17H32O4Si/c1-7-16(19)15(6)17(14(5)11-12-20-13-18)21-22(8-2,9-3)10-4/h11,13,15,17H,7-10,12H2,1-6H3/b14-11+/t15-,17-/m0/s1. The Bertz CT molecular complexity index is 367. The lowest BCUT2D eigenvalue weighted by atomic mass is 9.93. The van der Waals surface area contributed by atoms with Gasteiger partial charge in [-0.25, -0.2) is 0 Å². The van der Waals surface area contributed by atoms with Crippen LogP contribution in [0.1, 0.15) is 48.0 Å². The monoisotopic (exact) mass is 328 g/mol. The van der Waals surface area contributed by atoms with Crippen molar-refractivity contribution in [2.45, 2.75) is 72.2 Å². The lowest BCUT2D eigenvalue weighted by Gasteiger charge is -2.36. The van der Waals surface area contributed by atoms with Crippen LogP contribution in [-0.4, -0.2) is 33.3 Å². The number of carbonyl (C=O) groups excluding carboxylic acids is 2. The molecule has 2 atom stereocenters. The second kappa shape index (κ2) is 10.7. The molecule has 0 rings (SSSR count). The lowest BCUT2D eigenvalue weighted by molar-refractivity contribution is -0.128. The topological polar surface area (TPSA) is 52.6 Å². The third-order valence-corrected chi connectivity index (χ3v) is 9.26. The molecule has 0 radical (unpaired) electrons. The van der Waals surface area contributed by atoms with Crippen LogP contribution in [0.5, 0.6) is 0 Å². The number of Topliss-reactive ketones (excluding diaryl/α,β-unsaturated/α-hetero) is 1. The fraction of sp³-hybridized carbons (Fsp3) is 0.765. The summed E-state index contributed by atoms with van der Waals surface area (Å²) in [6.45, 7) is 13.0. The van der Waals surface area contributed by atoms with Crippen LogP contribution in [0.15, 0.2) is 11.6 Å². The van der Waals surface area contributed by atoms with Gasteiger partial charge < -0.3 is 9.16 Å². The quantitative estimate of drug-likeness (QED) is 0.234. The summed E-state index contributed by atoms with van der Waals surface area (Å²) in [4.78, 5) is 22.4. The van der Waals surface area contributed by atoms with Gasteiger partial charge in [-0.15, -0.1) is 0 Å². The Morgan fingerprint density at radius 2 is 1.68 bits per heavy atom. The molecule has 4 nitrogen and oxygen atoms in total. The Morgan fingerprint density at radius 3 is 2.09 bits per heavy atom. The molecular weight excluding hydrogens is 296 g/mol. The van der Waals surface area contributed by atoms with E-state index >= 15 is 0 Å². The number of hydrogen-bond donors (Lipinski definition) is 0. The molecule has 0 aliphatic carbocycles. The van der Waals surface area contributed by atoms with Gasteiger partial charge in [-0.2, -0.15) is 0 Å². The first-order valence-electron chi connectivity index (χ1n) is 8.33. The molecule has 0 aromatic carbocycles. The first-order valence-corrected chi connectivity index (χ1v) is 10.9. The zero-order valence-corrected chi connectivity index (χ0v) is 16.0. The summed E-state index contributed by atoms with van der Waals surface area (Å²) in [7, 11) is -1.82. The molecule has 0 aliphatic rings. The Kier molecular flexibility index (Phi) is 10.3. The van der Waals surface area contributed by atoms with Crippen LogP contribution >= 0.6 is 0 Å². The average molecular weight is 329 g/mol. The van der Waals surface area contributed by atoms with Gasteiger partial charge in [-0.3, -0.25) is 9.59 Å². The molecule has 5 heteroatoms. The number of ketones is 1. The van der Waals surface area contributed by atoms with Gasteiger partial charge in [0.25, 0.3) is 6.47 Å². The van der Waals surface area contributed by atoms with E-state index in [1.807, 2.05) is 26.8 Å². The van der Waals surface area contributed by atoms with Crippen LogP contribution in [0, 0.1) is 5.92 Å². The van der Waals surface area contributed by atoms with Crippen LogP contribution in [0.25, 0.3) is 0 Å². The molecule has 0 amide bonds. The van der Waals surface area contributed by atoms with Gasteiger partial charge in [0.2, 0.25) is 0 Å². The van der Waals surface area contributed by atoms with E-state index in [1.54, 1.807) is 0 Å². The summed E-state index contributed by atoms with van der Waals surface area (Å²) in [5.41, 5.74) is 0.975. The zero-order valence-electron chi connectivity index (χ0n) is 15.0. The molecule has 0 aromatic rings. The highest BCUT2D eigenvalue weighted by atomic mass is 28.4. The maximum Gasteiger partial charge on any atom is 0.293 e. The summed E-state index contributed by atoms with van der Waals surface area (Å²) in [6, 6.07) is 3.13. The smallest absolute Gasteiger partial charge is 0.293 e. The highest BCUT2D eigenvalue weighted by Gasteiger charge is 2.36. The molecule has 0 spiro atoms. The maximum absolute atomic E-state index is 12.2. The van der Waals surface area contributed by atoms with Crippen molar-refractivity contribution in [1.82, 2.24) is 0 Å². The second-order valence-corrected chi connectivity index (χ2v) is 10.5. The Hall–Kier alpha value is -0.943. The second-order valence-electron chi connectivity index (χ2n) is 5.77. The maximum atomic E-state index is 12.2. The Balaban J connectivity index is 5.36. The molecular formula is C17H32O4Si. The first kappa shape index (κ1) is 21.1. The summed E-state index contributed by atoms with van der Waals surface area (Å²) in [5, 5.41) is 0. The van der Waals surface area contributed by atoms with E-state index < -0.39 is 8.32 Å². The molecule has 0 saturated carbocycles. The van der Waals surface area contributed by atoms with Crippen LogP contribution in [-0.2, 0) is 18.8 Å². The molecule has 0 heterocycles. The minimum absolute atomic E-state index is 0.172. The van der Waals surface area contributed by atoms with E-state index in [9.17, 15) is 9.59 Å². The van der Waals surface area contributed by atoms with Crippen molar-refractivity contribution in [1.29, 1.82) is 0 Å². The number of rotatable bonds is 12. The number of carbonyl (C=O) groups is 2. The van der Waals surface area contributed by atoms with Crippen LogP contribution in [0.4, 0.5) is 0 Å². The van der Waals surface area contributed by atoms with Gasteiger partial charge in [0.1, 0.15) is 12.4 Å². The average Bonchev–Trinajstić information content (AvgIpc) is 2.55. The van der Waals surface area contributed by atoms with Gasteiger partial charge in [-0.05, 0) is 36.7 Å². The molecule has 0 unspecified atom stereocenters. The third-order valence-electron chi connectivity index (χ3n) is 4.64. The summed E-state index contributed by atoms with van der Waals surface area (Å²) in [6.07, 6.45) is 2.14.